The second-order valence-corrected chi connectivity index (χ2v) is 11.4. The summed E-state index contributed by atoms with van der Waals surface area (Å²) < 4.78 is 6.12. The molecule has 0 amide bonds. The monoisotopic (exact) mass is 306 g/mol. The average Bonchev–Trinajstić information content (AvgIpc) is 2.21. The summed E-state index contributed by atoms with van der Waals surface area (Å²) in [6.07, 6.45) is 0. The fourth-order valence-corrected chi connectivity index (χ4v) is 2.98. The first-order chi connectivity index (χ1) is 8.08. The summed E-state index contributed by atoms with van der Waals surface area (Å²) in [6.45, 7) is 10.7. The zero-order chi connectivity index (χ0) is 14.1. The van der Waals surface area contributed by atoms with E-state index in [0.717, 1.165) is 0 Å². The molecule has 0 aliphatic rings. The van der Waals surface area contributed by atoms with E-state index >= 15 is 0 Å². The third kappa shape index (κ3) is 3.41. The molecule has 0 saturated carbocycles. The molecule has 102 valence electrons. The van der Waals surface area contributed by atoms with Crippen molar-refractivity contribution in [2.24, 2.45) is 0 Å². The van der Waals surface area contributed by atoms with Crippen molar-refractivity contribution in [3.05, 3.63) is 27.7 Å². The molecule has 0 aliphatic carbocycles. The maximum Gasteiger partial charge on any atom is 0.250 e. The molecule has 2 nitrogen and oxygen atoms in total. The summed E-state index contributed by atoms with van der Waals surface area (Å²) in [5, 5.41) is 10.1. The molecule has 0 bridgehead atoms. The number of aliphatic hydroxyl groups is 1. The van der Waals surface area contributed by atoms with Crippen molar-refractivity contribution in [3.63, 3.8) is 0 Å². The molecule has 0 aliphatic heterocycles. The van der Waals surface area contributed by atoms with Crippen LogP contribution in [0, 0.1) is 0 Å². The van der Waals surface area contributed by atoms with Crippen molar-refractivity contribution < 1.29 is 9.53 Å². The Balaban J connectivity index is 3.13. The standard InChI is InChI=1S/C13H20Cl2O2Si/c1-13(2,3)18(4,5)17-12-10(14)6-9(8-16)7-11(12)15/h6-7,16H,8H2,1-5H3. The molecular weight excluding hydrogens is 287 g/mol. The first-order valence-corrected chi connectivity index (χ1v) is 9.52. The van der Waals surface area contributed by atoms with E-state index in [-0.39, 0.29) is 11.6 Å². The Hall–Kier alpha value is -0.223. The van der Waals surface area contributed by atoms with Gasteiger partial charge in [0, 0.05) is 0 Å². The number of benzene rings is 1. The summed E-state index contributed by atoms with van der Waals surface area (Å²) in [6, 6.07) is 3.38. The zero-order valence-electron chi connectivity index (χ0n) is 11.5. The Morgan fingerprint density at radius 1 is 1.17 bits per heavy atom. The third-order valence-electron chi connectivity index (χ3n) is 3.40. The minimum Gasteiger partial charge on any atom is -0.542 e. The van der Waals surface area contributed by atoms with E-state index < -0.39 is 8.32 Å². The summed E-state index contributed by atoms with van der Waals surface area (Å²) in [7, 11) is -1.97. The maximum absolute atomic E-state index is 9.09. The Morgan fingerprint density at radius 2 is 1.61 bits per heavy atom. The fourth-order valence-electron chi connectivity index (χ4n) is 1.21. The minimum absolute atomic E-state index is 0.0787. The molecule has 1 aromatic carbocycles. The molecule has 1 N–H and O–H groups in total. The molecule has 1 aromatic rings. The molecular formula is C13H20Cl2O2Si. The van der Waals surface area contributed by atoms with Crippen LogP contribution in [-0.2, 0) is 6.61 Å². The van der Waals surface area contributed by atoms with Crippen molar-refractivity contribution in [1.29, 1.82) is 0 Å². The molecule has 0 aromatic heterocycles. The minimum atomic E-state index is -1.97. The Kier molecular flexibility index (Phi) is 4.76. The molecule has 5 heteroatoms. The van der Waals surface area contributed by atoms with Gasteiger partial charge in [-0.15, -0.1) is 0 Å². The van der Waals surface area contributed by atoms with E-state index in [1.807, 2.05) is 0 Å². The van der Waals surface area contributed by atoms with Crippen molar-refractivity contribution >= 4 is 31.5 Å². The quantitative estimate of drug-likeness (QED) is 0.807. The second-order valence-electron chi connectivity index (χ2n) is 5.91. The van der Waals surface area contributed by atoms with Crippen LogP contribution in [-0.4, -0.2) is 13.4 Å². The molecule has 0 radical (unpaired) electrons. The predicted molar refractivity (Wildman–Crippen MR) is 80.2 cm³/mol. The van der Waals surface area contributed by atoms with Crippen molar-refractivity contribution in [2.75, 3.05) is 0 Å². The fraction of sp³-hybridized carbons (Fsp3) is 0.538. The third-order valence-corrected chi connectivity index (χ3v) is 8.29. The predicted octanol–water partition coefficient (Wildman–Crippen LogP) is 4.87. The molecule has 0 atom stereocenters. The number of rotatable bonds is 3. The number of aliphatic hydroxyl groups excluding tert-OH is 1. The molecule has 0 spiro atoms. The molecule has 0 fully saturated rings. The van der Waals surface area contributed by atoms with Crippen molar-refractivity contribution in [2.45, 2.75) is 45.5 Å². The second kappa shape index (κ2) is 5.41. The van der Waals surface area contributed by atoms with Gasteiger partial charge in [0.2, 0.25) is 0 Å². The van der Waals surface area contributed by atoms with E-state index in [0.29, 0.717) is 21.4 Å². The molecule has 0 heterocycles. The first-order valence-electron chi connectivity index (χ1n) is 5.86. The van der Waals surface area contributed by atoms with Gasteiger partial charge >= 0.3 is 0 Å². The van der Waals surface area contributed by atoms with Crippen molar-refractivity contribution in [3.8, 4) is 5.75 Å². The van der Waals surface area contributed by atoms with Gasteiger partial charge in [0.15, 0.2) is 0 Å². The number of hydrogen-bond acceptors (Lipinski definition) is 2. The summed E-state index contributed by atoms with van der Waals surface area (Å²) in [4.78, 5) is 0. The highest BCUT2D eigenvalue weighted by molar-refractivity contribution is 6.75. The highest BCUT2D eigenvalue weighted by Gasteiger charge is 2.39. The van der Waals surface area contributed by atoms with Gasteiger partial charge < -0.3 is 9.53 Å². The van der Waals surface area contributed by atoms with Gasteiger partial charge in [-0.25, -0.2) is 0 Å². The van der Waals surface area contributed by atoms with Crippen LogP contribution in [0.2, 0.25) is 28.2 Å². The van der Waals surface area contributed by atoms with Crippen LogP contribution in [0.25, 0.3) is 0 Å². The maximum atomic E-state index is 9.09. The summed E-state index contributed by atoms with van der Waals surface area (Å²) in [5.74, 6) is 0.530. The highest BCUT2D eigenvalue weighted by Crippen LogP contribution is 2.42. The zero-order valence-corrected chi connectivity index (χ0v) is 14.0. The van der Waals surface area contributed by atoms with Crippen LogP contribution >= 0.6 is 23.2 Å². The Morgan fingerprint density at radius 3 is 1.94 bits per heavy atom. The van der Waals surface area contributed by atoms with Crippen LogP contribution < -0.4 is 4.43 Å². The SMILES string of the molecule is CC(C)(C)[Si](C)(C)Oc1c(Cl)cc(CO)cc1Cl. The van der Waals surface area contributed by atoms with Crippen LogP contribution in [0.15, 0.2) is 12.1 Å². The lowest BCUT2D eigenvalue weighted by Gasteiger charge is -2.37. The summed E-state index contributed by atoms with van der Waals surface area (Å²) in [5.41, 5.74) is 0.688. The van der Waals surface area contributed by atoms with Gasteiger partial charge in [0.05, 0.1) is 16.7 Å². The van der Waals surface area contributed by atoms with Gasteiger partial charge in [-0.3, -0.25) is 0 Å². The van der Waals surface area contributed by atoms with E-state index in [2.05, 4.69) is 33.9 Å². The van der Waals surface area contributed by atoms with Gasteiger partial charge in [-0.05, 0) is 35.8 Å². The van der Waals surface area contributed by atoms with Crippen LogP contribution in [0.5, 0.6) is 5.75 Å². The lowest BCUT2D eigenvalue weighted by atomic mass is 10.2. The van der Waals surface area contributed by atoms with Gasteiger partial charge in [0.25, 0.3) is 8.32 Å². The Bertz CT molecular complexity index is 416. The van der Waals surface area contributed by atoms with Crippen LogP contribution in [0.3, 0.4) is 0 Å². The number of halogens is 2. The molecule has 1 rings (SSSR count). The number of hydrogen-bond donors (Lipinski definition) is 1. The van der Waals surface area contributed by atoms with Gasteiger partial charge in [0.1, 0.15) is 5.75 Å². The topological polar surface area (TPSA) is 29.5 Å². The lowest BCUT2D eigenvalue weighted by molar-refractivity contribution is 0.282. The first kappa shape index (κ1) is 15.8. The summed E-state index contributed by atoms with van der Waals surface area (Å²) >= 11 is 12.3. The van der Waals surface area contributed by atoms with Gasteiger partial charge in [-0.1, -0.05) is 44.0 Å². The highest BCUT2D eigenvalue weighted by atomic mass is 35.5. The van der Waals surface area contributed by atoms with E-state index in [9.17, 15) is 0 Å². The Labute approximate surface area is 120 Å². The molecule has 0 saturated heterocycles. The normalized spacial score (nSPS) is 12.7. The van der Waals surface area contributed by atoms with E-state index in [4.69, 9.17) is 32.7 Å². The lowest BCUT2D eigenvalue weighted by Crippen LogP contribution is -2.44. The van der Waals surface area contributed by atoms with Crippen LogP contribution in [0.1, 0.15) is 26.3 Å². The van der Waals surface area contributed by atoms with Crippen LogP contribution in [0.4, 0.5) is 0 Å². The average molecular weight is 307 g/mol. The smallest absolute Gasteiger partial charge is 0.250 e. The largest absolute Gasteiger partial charge is 0.542 e. The van der Waals surface area contributed by atoms with E-state index in [1.54, 1.807) is 12.1 Å². The van der Waals surface area contributed by atoms with Gasteiger partial charge in [-0.2, -0.15) is 0 Å². The van der Waals surface area contributed by atoms with E-state index in [1.165, 1.54) is 0 Å². The molecule has 18 heavy (non-hydrogen) atoms. The molecule has 0 unspecified atom stereocenters. The van der Waals surface area contributed by atoms with Crippen molar-refractivity contribution in [1.82, 2.24) is 0 Å².